The van der Waals surface area contributed by atoms with E-state index in [-0.39, 0.29) is 0 Å². The van der Waals surface area contributed by atoms with E-state index < -0.39 is 10.7 Å². The van der Waals surface area contributed by atoms with Gasteiger partial charge in [-0.15, -0.1) is 0 Å². The van der Waals surface area contributed by atoms with Crippen molar-refractivity contribution in [2.75, 3.05) is 14.2 Å². The Balaban J connectivity index is 2.35. The van der Waals surface area contributed by atoms with Gasteiger partial charge in [-0.05, 0) is 17.7 Å². The normalized spacial score (nSPS) is 12.6. The van der Waals surface area contributed by atoms with Gasteiger partial charge < -0.3 is 14.3 Å². The summed E-state index contributed by atoms with van der Waals surface area (Å²) in [6.07, 6.45) is 0.877. The SMILES string of the molecule is COc1cc(OC)nc(SC(C=O)C(C)(C)c2ccc(Cl)c(Cl)c2)n1. The molecule has 0 aliphatic rings. The molecule has 1 aromatic carbocycles. The molecule has 8 heteroatoms. The molecule has 1 atom stereocenters. The van der Waals surface area contributed by atoms with Gasteiger partial charge in [-0.2, -0.15) is 9.97 Å². The summed E-state index contributed by atoms with van der Waals surface area (Å²) in [6, 6.07) is 6.93. The van der Waals surface area contributed by atoms with Crippen LogP contribution in [0.3, 0.4) is 0 Å². The molecule has 25 heavy (non-hydrogen) atoms. The minimum Gasteiger partial charge on any atom is -0.481 e. The van der Waals surface area contributed by atoms with Gasteiger partial charge in [-0.25, -0.2) is 0 Å². The molecule has 0 aliphatic carbocycles. The fourth-order valence-corrected chi connectivity index (χ4v) is 3.46. The smallest absolute Gasteiger partial charge is 0.220 e. The van der Waals surface area contributed by atoms with Gasteiger partial charge in [0.15, 0.2) is 5.16 Å². The second kappa shape index (κ2) is 8.25. The molecule has 0 radical (unpaired) electrons. The number of thioether (sulfide) groups is 1. The monoisotopic (exact) mass is 400 g/mol. The molecular formula is C17H18Cl2N2O3S. The average molecular weight is 401 g/mol. The van der Waals surface area contributed by atoms with Crippen LogP contribution in [0.15, 0.2) is 29.4 Å². The highest BCUT2D eigenvalue weighted by Gasteiger charge is 2.33. The van der Waals surface area contributed by atoms with Crippen molar-refractivity contribution in [1.29, 1.82) is 0 Å². The number of methoxy groups -OCH3 is 2. The Morgan fingerprint density at radius 1 is 1.08 bits per heavy atom. The molecular weight excluding hydrogens is 383 g/mol. The van der Waals surface area contributed by atoms with Gasteiger partial charge >= 0.3 is 0 Å². The Morgan fingerprint density at radius 2 is 1.68 bits per heavy atom. The molecule has 5 nitrogen and oxygen atoms in total. The first-order valence-electron chi connectivity index (χ1n) is 7.36. The maximum absolute atomic E-state index is 11.8. The zero-order chi connectivity index (χ0) is 18.6. The first-order valence-corrected chi connectivity index (χ1v) is 9.00. The summed E-state index contributed by atoms with van der Waals surface area (Å²) in [4.78, 5) is 20.3. The highest BCUT2D eigenvalue weighted by molar-refractivity contribution is 8.00. The summed E-state index contributed by atoms with van der Waals surface area (Å²) in [6.45, 7) is 3.91. The first-order chi connectivity index (χ1) is 11.8. The lowest BCUT2D eigenvalue weighted by molar-refractivity contribution is -0.108. The van der Waals surface area contributed by atoms with Crippen LogP contribution in [0.1, 0.15) is 19.4 Å². The van der Waals surface area contributed by atoms with Crippen molar-refractivity contribution < 1.29 is 14.3 Å². The molecule has 0 fully saturated rings. The third-order valence-corrected chi connectivity index (χ3v) is 5.89. The Morgan fingerprint density at radius 3 is 2.16 bits per heavy atom. The van der Waals surface area contributed by atoms with Gasteiger partial charge in [-0.1, -0.05) is 54.9 Å². The molecule has 0 aliphatic heterocycles. The Labute approximate surface area is 161 Å². The number of hydrogen-bond acceptors (Lipinski definition) is 6. The second-order valence-corrected chi connectivity index (χ2v) is 7.68. The number of carbonyl (C=O) groups is 1. The van der Waals surface area contributed by atoms with E-state index in [1.54, 1.807) is 18.2 Å². The van der Waals surface area contributed by atoms with Crippen molar-refractivity contribution in [3.63, 3.8) is 0 Å². The van der Waals surface area contributed by atoms with Crippen LogP contribution >= 0.6 is 35.0 Å². The summed E-state index contributed by atoms with van der Waals surface area (Å²) >= 11 is 13.3. The van der Waals surface area contributed by atoms with Gasteiger partial charge in [0.2, 0.25) is 11.8 Å². The van der Waals surface area contributed by atoms with Crippen molar-refractivity contribution >= 4 is 41.2 Å². The highest BCUT2D eigenvalue weighted by atomic mass is 35.5. The third-order valence-electron chi connectivity index (χ3n) is 3.81. The standard InChI is InChI=1S/C17H18Cl2N2O3S/c1-17(2,10-5-6-11(18)12(19)7-10)13(9-22)25-16-20-14(23-3)8-15(21-16)24-4/h5-9,13H,1-4H3. The topological polar surface area (TPSA) is 61.3 Å². The third kappa shape index (κ3) is 4.57. The van der Waals surface area contributed by atoms with Crippen LogP contribution in [0.4, 0.5) is 0 Å². The van der Waals surface area contributed by atoms with Gasteiger partial charge in [0, 0.05) is 5.41 Å². The van der Waals surface area contributed by atoms with Crippen LogP contribution in [-0.4, -0.2) is 35.7 Å². The van der Waals surface area contributed by atoms with Crippen LogP contribution in [0.2, 0.25) is 10.0 Å². The number of nitrogens with zero attached hydrogens (tertiary/aromatic N) is 2. The molecule has 0 amide bonds. The molecule has 2 aromatic rings. The Hall–Kier alpha value is -1.50. The van der Waals surface area contributed by atoms with Crippen molar-refractivity contribution in [3.8, 4) is 11.8 Å². The van der Waals surface area contributed by atoms with E-state index in [2.05, 4.69) is 9.97 Å². The molecule has 0 bridgehead atoms. The van der Waals surface area contributed by atoms with Crippen molar-refractivity contribution in [2.45, 2.75) is 29.7 Å². The summed E-state index contributed by atoms with van der Waals surface area (Å²) in [7, 11) is 3.01. The lowest BCUT2D eigenvalue weighted by Gasteiger charge is -2.30. The molecule has 1 unspecified atom stereocenters. The van der Waals surface area contributed by atoms with Crippen LogP contribution in [0.25, 0.3) is 0 Å². The zero-order valence-corrected chi connectivity index (χ0v) is 16.6. The maximum Gasteiger partial charge on any atom is 0.220 e. The van der Waals surface area contributed by atoms with Gasteiger partial charge in [0.1, 0.15) is 6.29 Å². The van der Waals surface area contributed by atoms with E-state index >= 15 is 0 Å². The van der Waals surface area contributed by atoms with Crippen LogP contribution in [0, 0.1) is 0 Å². The molecule has 0 saturated carbocycles. The van der Waals surface area contributed by atoms with E-state index in [0.717, 1.165) is 11.8 Å². The lowest BCUT2D eigenvalue weighted by atomic mass is 9.81. The van der Waals surface area contributed by atoms with Gasteiger partial charge in [0.05, 0.1) is 35.6 Å². The maximum atomic E-state index is 11.8. The largest absolute Gasteiger partial charge is 0.481 e. The van der Waals surface area contributed by atoms with Gasteiger partial charge in [0.25, 0.3) is 0 Å². The van der Waals surface area contributed by atoms with Crippen LogP contribution in [-0.2, 0) is 10.2 Å². The summed E-state index contributed by atoms with van der Waals surface area (Å²) in [5.41, 5.74) is 0.363. The summed E-state index contributed by atoms with van der Waals surface area (Å²) in [5, 5.41) is 0.849. The number of ether oxygens (including phenoxy) is 2. The van der Waals surface area contributed by atoms with Gasteiger partial charge in [-0.3, -0.25) is 0 Å². The number of hydrogen-bond donors (Lipinski definition) is 0. The molecule has 0 N–H and O–H groups in total. The number of aromatic nitrogens is 2. The number of aldehydes is 1. The second-order valence-electron chi connectivity index (χ2n) is 5.76. The van der Waals surface area contributed by atoms with E-state index in [1.165, 1.54) is 26.0 Å². The van der Waals surface area contributed by atoms with Crippen LogP contribution < -0.4 is 9.47 Å². The van der Waals surface area contributed by atoms with E-state index in [9.17, 15) is 4.79 Å². The fraction of sp³-hybridized carbons (Fsp3) is 0.353. The predicted molar refractivity (Wildman–Crippen MR) is 100 cm³/mol. The minimum absolute atomic E-state index is 0.367. The fourth-order valence-electron chi connectivity index (χ4n) is 2.17. The molecule has 1 heterocycles. The van der Waals surface area contributed by atoms with E-state index in [1.807, 2.05) is 19.9 Å². The number of halogens is 2. The van der Waals surface area contributed by atoms with Crippen molar-refractivity contribution in [2.24, 2.45) is 0 Å². The molecule has 2 rings (SSSR count). The van der Waals surface area contributed by atoms with E-state index in [4.69, 9.17) is 32.7 Å². The summed E-state index contributed by atoms with van der Waals surface area (Å²) in [5.74, 6) is 0.734. The number of rotatable bonds is 7. The quantitative estimate of drug-likeness (QED) is 0.388. The lowest BCUT2D eigenvalue weighted by Crippen LogP contribution is -2.32. The van der Waals surface area contributed by atoms with E-state index in [0.29, 0.717) is 27.0 Å². The number of carbonyl (C=O) groups excluding carboxylic acids is 1. The highest BCUT2D eigenvalue weighted by Crippen LogP contribution is 2.39. The first kappa shape index (κ1) is 19.8. The minimum atomic E-state index is -0.527. The van der Waals surface area contributed by atoms with Crippen molar-refractivity contribution in [3.05, 3.63) is 39.9 Å². The van der Waals surface area contributed by atoms with Crippen LogP contribution in [0.5, 0.6) is 11.8 Å². The summed E-state index contributed by atoms with van der Waals surface area (Å²) < 4.78 is 10.3. The molecule has 0 spiro atoms. The zero-order valence-electron chi connectivity index (χ0n) is 14.2. The molecule has 134 valence electrons. The molecule has 0 saturated heterocycles. The molecule has 1 aromatic heterocycles. The Bertz CT molecular complexity index is 749. The number of benzene rings is 1. The average Bonchev–Trinajstić information content (AvgIpc) is 2.61. The predicted octanol–water partition coefficient (Wildman–Crippen LogP) is 4.44. The Kier molecular flexibility index (Phi) is 6.54. The van der Waals surface area contributed by atoms with Crippen molar-refractivity contribution in [1.82, 2.24) is 9.97 Å².